The van der Waals surface area contributed by atoms with Crippen molar-refractivity contribution in [3.05, 3.63) is 65.0 Å². The molecule has 0 amide bonds. The molecule has 2 aromatic carbocycles. The molecule has 4 nitrogen and oxygen atoms in total. The minimum Gasteiger partial charge on any atom is -0.457 e. The lowest BCUT2D eigenvalue weighted by atomic mass is 10.1. The van der Waals surface area contributed by atoms with Crippen LogP contribution in [0.5, 0.6) is 0 Å². The van der Waals surface area contributed by atoms with Crippen molar-refractivity contribution in [1.29, 1.82) is 5.26 Å². The summed E-state index contributed by atoms with van der Waals surface area (Å²) in [6, 6.07) is 12.3. The molecular weight excluding hydrogens is 259 g/mol. The van der Waals surface area contributed by atoms with Crippen LogP contribution < -0.4 is 5.73 Å². The molecule has 2 N–H and O–H groups in total. The molecule has 0 heterocycles. The summed E-state index contributed by atoms with van der Waals surface area (Å²) in [6.45, 7) is -0.218. The van der Waals surface area contributed by atoms with Crippen molar-refractivity contribution in [1.82, 2.24) is 0 Å². The number of hydrogen-bond acceptors (Lipinski definition) is 4. The first kappa shape index (κ1) is 13.6. The van der Waals surface area contributed by atoms with Crippen LogP contribution in [0.2, 0.25) is 0 Å². The van der Waals surface area contributed by atoms with Crippen molar-refractivity contribution in [3.8, 4) is 6.07 Å². The highest BCUT2D eigenvalue weighted by molar-refractivity contribution is 5.94. The van der Waals surface area contributed by atoms with E-state index < -0.39 is 11.8 Å². The van der Waals surface area contributed by atoms with Crippen LogP contribution >= 0.6 is 0 Å². The second kappa shape index (κ2) is 5.85. The highest BCUT2D eigenvalue weighted by atomic mass is 19.1. The summed E-state index contributed by atoms with van der Waals surface area (Å²) in [5, 5.41) is 8.63. The van der Waals surface area contributed by atoms with E-state index in [1.165, 1.54) is 18.2 Å². The average molecular weight is 270 g/mol. The molecule has 2 rings (SSSR count). The van der Waals surface area contributed by atoms with Crippen LogP contribution in [0.15, 0.2) is 42.5 Å². The molecule has 0 aromatic heterocycles. The number of nitrogens with zero attached hydrogens (tertiary/aromatic N) is 1. The Bertz CT molecular complexity index is 693. The molecule has 0 aliphatic heterocycles. The predicted octanol–water partition coefficient (Wildman–Crippen LogP) is 2.64. The summed E-state index contributed by atoms with van der Waals surface area (Å²) in [6.07, 6.45) is 0. The third-order valence-corrected chi connectivity index (χ3v) is 2.72. The van der Waals surface area contributed by atoms with Gasteiger partial charge in [0, 0.05) is 11.3 Å². The van der Waals surface area contributed by atoms with Gasteiger partial charge in [0.1, 0.15) is 12.4 Å². The molecule has 0 aliphatic carbocycles. The van der Waals surface area contributed by atoms with Crippen LogP contribution in [0.1, 0.15) is 21.5 Å². The SMILES string of the molecule is N#Cc1ccc(COC(=O)c2ccccc2N)c(F)c1. The van der Waals surface area contributed by atoms with E-state index in [0.29, 0.717) is 5.69 Å². The number of para-hydroxylation sites is 1. The first-order chi connectivity index (χ1) is 9.61. The van der Waals surface area contributed by atoms with Crippen molar-refractivity contribution in [2.75, 3.05) is 5.73 Å². The van der Waals surface area contributed by atoms with Crippen LogP contribution in [0.4, 0.5) is 10.1 Å². The van der Waals surface area contributed by atoms with Crippen molar-refractivity contribution in [2.45, 2.75) is 6.61 Å². The zero-order chi connectivity index (χ0) is 14.5. The van der Waals surface area contributed by atoms with Gasteiger partial charge in [-0.2, -0.15) is 5.26 Å². The summed E-state index contributed by atoms with van der Waals surface area (Å²) < 4.78 is 18.6. The highest BCUT2D eigenvalue weighted by Gasteiger charge is 2.12. The molecule has 0 bridgehead atoms. The second-order valence-corrected chi connectivity index (χ2v) is 4.08. The molecule has 5 heteroatoms. The summed E-state index contributed by atoms with van der Waals surface area (Å²) in [5.74, 6) is -1.20. The Morgan fingerprint density at radius 1 is 1.30 bits per heavy atom. The molecule has 0 saturated carbocycles. The predicted molar refractivity (Wildman–Crippen MR) is 71.1 cm³/mol. The topological polar surface area (TPSA) is 76.1 Å². The number of nitrogens with two attached hydrogens (primary N) is 1. The molecule has 0 radical (unpaired) electrons. The van der Waals surface area contributed by atoms with Gasteiger partial charge in [0.2, 0.25) is 0 Å². The third kappa shape index (κ3) is 2.93. The number of anilines is 1. The zero-order valence-electron chi connectivity index (χ0n) is 10.5. The number of carbonyl (C=O) groups is 1. The number of benzene rings is 2. The number of esters is 1. The molecule has 0 atom stereocenters. The van der Waals surface area contributed by atoms with Crippen molar-refractivity contribution in [2.24, 2.45) is 0 Å². The summed E-state index contributed by atoms with van der Waals surface area (Å²) in [4.78, 5) is 11.8. The van der Waals surface area contributed by atoms with Gasteiger partial charge < -0.3 is 10.5 Å². The van der Waals surface area contributed by atoms with Crippen molar-refractivity contribution < 1.29 is 13.9 Å². The van der Waals surface area contributed by atoms with Gasteiger partial charge in [0.05, 0.1) is 17.2 Å². The van der Waals surface area contributed by atoms with E-state index in [4.69, 9.17) is 15.7 Å². The van der Waals surface area contributed by atoms with Gasteiger partial charge in [0.15, 0.2) is 0 Å². The fourth-order valence-electron chi connectivity index (χ4n) is 1.64. The molecular formula is C15H11FN2O2. The Hall–Kier alpha value is -2.87. The van der Waals surface area contributed by atoms with Gasteiger partial charge in [0.25, 0.3) is 0 Å². The molecule has 100 valence electrons. The Labute approximate surface area is 115 Å². The van der Waals surface area contributed by atoms with Crippen molar-refractivity contribution in [3.63, 3.8) is 0 Å². The lowest BCUT2D eigenvalue weighted by Gasteiger charge is -2.07. The van der Waals surface area contributed by atoms with Crippen LogP contribution in [0.25, 0.3) is 0 Å². The minimum absolute atomic E-state index is 0.201. The van der Waals surface area contributed by atoms with E-state index in [0.717, 1.165) is 6.07 Å². The van der Waals surface area contributed by atoms with Crippen LogP contribution in [0.3, 0.4) is 0 Å². The van der Waals surface area contributed by atoms with E-state index in [1.807, 2.05) is 6.07 Å². The van der Waals surface area contributed by atoms with Crippen LogP contribution in [-0.4, -0.2) is 5.97 Å². The maximum Gasteiger partial charge on any atom is 0.340 e. The summed E-state index contributed by atoms with van der Waals surface area (Å²) >= 11 is 0. The van der Waals surface area contributed by atoms with Crippen LogP contribution in [0, 0.1) is 17.1 Å². The molecule has 0 unspecified atom stereocenters. The maximum absolute atomic E-state index is 13.6. The number of nitriles is 1. The first-order valence-electron chi connectivity index (χ1n) is 5.82. The minimum atomic E-state index is -0.619. The van der Waals surface area contributed by atoms with E-state index >= 15 is 0 Å². The van der Waals surface area contributed by atoms with Crippen molar-refractivity contribution >= 4 is 11.7 Å². The van der Waals surface area contributed by atoms with E-state index in [2.05, 4.69) is 0 Å². The number of hydrogen-bond donors (Lipinski definition) is 1. The number of halogens is 1. The molecule has 0 aliphatic rings. The third-order valence-electron chi connectivity index (χ3n) is 2.72. The lowest BCUT2D eigenvalue weighted by Crippen LogP contribution is -2.08. The van der Waals surface area contributed by atoms with Gasteiger partial charge >= 0.3 is 5.97 Å². The van der Waals surface area contributed by atoms with Gasteiger partial charge in [-0.1, -0.05) is 18.2 Å². The van der Waals surface area contributed by atoms with Gasteiger partial charge in [-0.3, -0.25) is 0 Å². The Morgan fingerprint density at radius 2 is 2.05 bits per heavy atom. The summed E-state index contributed by atoms with van der Waals surface area (Å²) in [5.41, 5.74) is 6.60. The van der Waals surface area contributed by atoms with E-state index in [1.54, 1.807) is 18.2 Å². The van der Waals surface area contributed by atoms with Gasteiger partial charge in [-0.05, 0) is 24.3 Å². The molecule has 2 aromatic rings. The number of nitrogen functional groups attached to an aromatic ring is 1. The number of rotatable bonds is 3. The zero-order valence-corrected chi connectivity index (χ0v) is 10.5. The molecule has 0 fully saturated rings. The Morgan fingerprint density at radius 3 is 2.70 bits per heavy atom. The molecule has 20 heavy (non-hydrogen) atoms. The quantitative estimate of drug-likeness (QED) is 0.687. The standard InChI is InChI=1S/C15H11FN2O2/c16-13-7-10(8-17)5-6-11(13)9-20-15(19)12-3-1-2-4-14(12)18/h1-7H,9,18H2. The van der Waals surface area contributed by atoms with Crippen LogP contribution in [-0.2, 0) is 11.3 Å². The molecule has 0 saturated heterocycles. The first-order valence-corrected chi connectivity index (χ1v) is 5.82. The molecule has 0 spiro atoms. The lowest BCUT2D eigenvalue weighted by molar-refractivity contribution is 0.0470. The van der Waals surface area contributed by atoms with E-state index in [-0.39, 0.29) is 23.3 Å². The average Bonchev–Trinajstić information content (AvgIpc) is 2.46. The Kier molecular flexibility index (Phi) is 3.96. The normalized spacial score (nSPS) is 9.80. The smallest absolute Gasteiger partial charge is 0.340 e. The Balaban J connectivity index is 2.08. The number of carbonyl (C=O) groups excluding carboxylic acids is 1. The van der Waals surface area contributed by atoms with Gasteiger partial charge in [-0.15, -0.1) is 0 Å². The number of ether oxygens (including phenoxy) is 1. The summed E-state index contributed by atoms with van der Waals surface area (Å²) in [7, 11) is 0. The fraction of sp³-hybridized carbons (Fsp3) is 0.0667. The van der Waals surface area contributed by atoms with Gasteiger partial charge in [-0.25, -0.2) is 9.18 Å². The largest absolute Gasteiger partial charge is 0.457 e. The monoisotopic (exact) mass is 270 g/mol. The highest BCUT2D eigenvalue weighted by Crippen LogP contribution is 2.15. The second-order valence-electron chi connectivity index (χ2n) is 4.08. The fourth-order valence-corrected chi connectivity index (χ4v) is 1.64. The van der Waals surface area contributed by atoms with E-state index in [9.17, 15) is 9.18 Å². The maximum atomic E-state index is 13.6.